The monoisotopic (exact) mass is 844 g/mol. The summed E-state index contributed by atoms with van der Waals surface area (Å²) in [5.41, 5.74) is 14.6. The molecule has 2 aromatic heterocycles. The van der Waals surface area contributed by atoms with Crippen LogP contribution in [0.3, 0.4) is 0 Å². The molecule has 0 aliphatic carbocycles. The molecule has 0 bridgehead atoms. The van der Waals surface area contributed by atoms with E-state index in [0.717, 1.165) is 88.9 Å². The van der Waals surface area contributed by atoms with Crippen LogP contribution in [0.4, 0.5) is 0 Å². The number of nitrogens with zero attached hydrogens (tertiary/aromatic N) is 2. The van der Waals surface area contributed by atoms with Gasteiger partial charge in [0.2, 0.25) is 0 Å². The van der Waals surface area contributed by atoms with E-state index >= 15 is 9.59 Å². The predicted octanol–water partition coefficient (Wildman–Crippen LogP) is 14.9. The van der Waals surface area contributed by atoms with Gasteiger partial charge in [0.25, 0.3) is 11.1 Å². The SMILES string of the molecule is O=c1c2cc(-c3cc(-c4ccccc4)cc(-c4ccccc4)c3)cc3c2c2c(cc(-c4cc(-c5ccccc5)cc(-c5ccccc5)c4)cc2n1-c1ccccc1)c(=O)n3-c1ccccc1. The summed E-state index contributed by atoms with van der Waals surface area (Å²) in [7, 11) is 0. The van der Waals surface area contributed by atoms with Crippen LogP contribution in [-0.2, 0) is 0 Å². The van der Waals surface area contributed by atoms with E-state index in [1.807, 2.05) is 97.1 Å². The molecule has 0 aliphatic rings. The molecule has 0 N–H and O–H groups in total. The van der Waals surface area contributed by atoms with Crippen LogP contribution in [0.5, 0.6) is 0 Å². The molecule has 0 unspecified atom stereocenters. The fourth-order valence-corrected chi connectivity index (χ4v) is 9.71. The van der Waals surface area contributed by atoms with E-state index in [1.165, 1.54) is 0 Å². The highest BCUT2D eigenvalue weighted by molar-refractivity contribution is 6.23. The van der Waals surface area contributed by atoms with E-state index in [2.05, 4.69) is 146 Å². The van der Waals surface area contributed by atoms with Gasteiger partial charge in [0.1, 0.15) is 0 Å². The molecular formula is C62H40N2O2. The average Bonchev–Trinajstić information content (AvgIpc) is 3.39. The number of benzene rings is 10. The van der Waals surface area contributed by atoms with E-state index in [0.29, 0.717) is 21.8 Å². The molecule has 0 aliphatic heterocycles. The molecular weight excluding hydrogens is 805 g/mol. The summed E-state index contributed by atoms with van der Waals surface area (Å²) in [5, 5.41) is 2.57. The minimum absolute atomic E-state index is 0.164. The van der Waals surface area contributed by atoms with Crippen molar-refractivity contribution >= 4 is 32.6 Å². The normalized spacial score (nSPS) is 11.5. The molecule has 0 saturated carbocycles. The van der Waals surface area contributed by atoms with E-state index in [-0.39, 0.29) is 11.1 Å². The molecule has 10 aromatic carbocycles. The first-order valence-electron chi connectivity index (χ1n) is 22.2. The summed E-state index contributed by atoms with van der Waals surface area (Å²) >= 11 is 0. The lowest BCUT2D eigenvalue weighted by Gasteiger charge is -2.22. The first kappa shape index (κ1) is 38.8. The summed E-state index contributed by atoms with van der Waals surface area (Å²) in [5.74, 6) is 0. The van der Waals surface area contributed by atoms with Gasteiger partial charge in [0, 0.05) is 22.1 Å². The molecule has 0 radical (unpaired) electrons. The van der Waals surface area contributed by atoms with Crippen LogP contribution in [0.25, 0.3) is 111 Å². The molecule has 12 aromatic rings. The molecule has 0 atom stereocenters. The summed E-state index contributed by atoms with van der Waals surface area (Å²) in [4.78, 5) is 31.4. The van der Waals surface area contributed by atoms with Crippen molar-refractivity contribution in [3.63, 3.8) is 0 Å². The van der Waals surface area contributed by atoms with Gasteiger partial charge in [-0.25, -0.2) is 0 Å². The Morgan fingerprint density at radius 3 is 0.727 bits per heavy atom. The minimum atomic E-state index is -0.164. The van der Waals surface area contributed by atoms with Gasteiger partial charge in [-0.3, -0.25) is 18.7 Å². The van der Waals surface area contributed by atoms with Crippen LogP contribution < -0.4 is 11.1 Å². The number of hydrogen-bond donors (Lipinski definition) is 0. The zero-order valence-corrected chi connectivity index (χ0v) is 35.8. The van der Waals surface area contributed by atoms with Gasteiger partial charge in [-0.2, -0.15) is 0 Å². The molecule has 12 rings (SSSR count). The Labute approximate surface area is 381 Å². The van der Waals surface area contributed by atoms with Gasteiger partial charge in [-0.1, -0.05) is 158 Å². The van der Waals surface area contributed by atoms with Crippen molar-refractivity contribution in [2.75, 3.05) is 0 Å². The zero-order chi connectivity index (χ0) is 44.1. The van der Waals surface area contributed by atoms with Gasteiger partial charge < -0.3 is 0 Å². The summed E-state index contributed by atoms with van der Waals surface area (Å²) < 4.78 is 3.61. The topological polar surface area (TPSA) is 44.0 Å². The number of hydrogen-bond acceptors (Lipinski definition) is 2. The number of rotatable bonds is 8. The number of aromatic nitrogens is 2. The number of pyridine rings is 2. The Morgan fingerprint density at radius 2 is 0.455 bits per heavy atom. The molecule has 66 heavy (non-hydrogen) atoms. The molecule has 0 saturated heterocycles. The Bertz CT molecular complexity index is 3490. The smallest absolute Gasteiger partial charge is 0.263 e. The van der Waals surface area contributed by atoms with Crippen molar-refractivity contribution in [1.82, 2.24) is 9.13 Å². The Kier molecular flexibility index (Phi) is 9.43. The second-order valence-corrected chi connectivity index (χ2v) is 16.9. The van der Waals surface area contributed by atoms with Crippen LogP contribution in [0.15, 0.2) is 252 Å². The minimum Gasteiger partial charge on any atom is -0.276 e. The summed E-state index contributed by atoms with van der Waals surface area (Å²) in [6, 6.07) is 82.5. The van der Waals surface area contributed by atoms with Crippen LogP contribution in [0, 0.1) is 0 Å². The van der Waals surface area contributed by atoms with E-state index in [1.54, 1.807) is 9.13 Å². The summed E-state index contributed by atoms with van der Waals surface area (Å²) in [6.45, 7) is 0. The van der Waals surface area contributed by atoms with Gasteiger partial charge in [0.05, 0.1) is 21.8 Å². The largest absolute Gasteiger partial charge is 0.276 e. The van der Waals surface area contributed by atoms with Gasteiger partial charge in [0.15, 0.2) is 0 Å². The number of para-hydroxylation sites is 2. The Morgan fingerprint density at radius 1 is 0.227 bits per heavy atom. The van der Waals surface area contributed by atoms with Crippen molar-refractivity contribution in [2.45, 2.75) is 0 Å². The molecule has 0 spiro atoms. The standard InChI is InChI=1S/C62H40N2O2/c65-61-55-37-51(49-33-45(41-19-7-1-8-20-41)31-46(34-49)42-21-9-2-10-22-42)39-57-59(55)60-56(62(66)63(57)53-27-15-5-16-28-53)38-52(40-58(60)64(61)54-29-17-6-18-30-54)50-35-47(43-23-11-3-12-24-43)32-48(36-50)44-25-13-4-14-26-44/h1-40H. The fourth-order valence-electron chi connectivity index (χ4n) is 9.71. The molecule has 4 heteroatoms. The van der Waals surface area contributed by atoms with E-state index < -0.39 is 0 Å². The molecule has 0 amide bonds. The van der Waals surface area contributed by atoms with Crippen molar-refractivity contribution in [1.29, 1.82) is 0 Å². The average molecular weight is 845 g/mol. The van der Waals surface area contributed by atoms with Crippen molar-refractivity contribution < 1.29 is 0 Å². The summed E-state index contributed by atoms with van der Waals surface area (Å²) in [6.07, 6.45) is 0. The molecule has 4 nitrogen and oxygen atoms in total. The van der Waals surface area contributed by atoms with Crippen LogP contribution in [0.1, 0.15) is 0 Å². The highest BCUT2D eigenvalue weighted by Gasteiger charge is 2.24. The lowest BCUT2D eigenvalue weighted by atomic mass is 9.89. The van der Waals surface area contributed by atoms with E-state index in [9.17, 15) is 0 Å². The van der Waals surface area contributed by atoms with Crippen molar-refractivity contribution in [2.24, 2.45) is 0 Å². The molecule has 2 heterocycles. The quantitative estimate of drug-likeness (QED) is 0.143. The Hall–Kier alpha value is -8.86. The van der Waals surface area contributed by atoms with Gasteiger partial charge in [-0.05, 0) is 152 Å². The third-order valence-corrected chi connectivity index (χ3v) is 12.8. The second-order valence-electron chi connectivity index (χ2n) is 16.9. The third-order valence-electron chi connectivity index (χ3n) is 12.8. The van der Waals surface area contributed by atoms with Gasteiger partial charge in [-0.15, -0.1) is 0 Å². The van der Waals surface area contributed by atoms with Gasteiger partial charge >= 0.3 is 0 Å². The fraction of sp³-hybridized carbons (Fsp3) is 0. The van der Waals surface area contributed by atoms with Crippen LogP contribution in [-0.4, -0.2) is 9.13 Å². The lowest BCUT2D eigenvalue weighted by Crippen LogP contribution is -2.24. The molecule has 0 fully saturated rings. The van der Waals surface area contributed by atoms with Crippen molar-refractivity contribution in [3.8, 4) is 78.1 Å². The third kappa shape index (κ3) is 6.72. The second kappa shape index (κ2) is 16.0. The lowest BCUT2D eigenvalue weighted by molar-refractivity contribution is 1.04. The maximum atomic E-state index is 15.7. The zero-order valence-electron chi connectivity index (χ0n) is 35.8. The maximum absolute atomic E-state index is 15.7. The Balaban J connectivity index is 1.20. The highest BCUT2D eigenvalue weighted by Crippen LogP contribution is 2.41. The van der Waals surface area contributed by atoms with E-state index in [4.69, 9.17) is 0 Å². The van der Waals surface area contributed by atoms with Crippen molar-refractivity contribution in [3.05, 3.63) is 263 Å². The first-order chi connectivity index (χ1) is 32.6. The highest BCUT2D eigenvalue weighted by atomic mass is 16.1. The van der Waals surface area contributed by atoms with Crippen LogP contribution >= 0.6 is 0 Å². The predicted molar refractivity (Wildman–Crippen MR) is 274 cm³/mol. The molecule has 310 valence electrons. The first-order valence-corrected chi connectivity index (χ1v) is 22.2. The van der Waals surface area contributed by atoms with Crippen LogP contribution in [0.2, 0.25) is 0 Å². The maximum Gasteiger partial charge on any atom is 0.263 e.